The number of carbonyl (C=O) groups excluding carboxylic acids is 1. The molecule has 1 unspecified atom stereocenters. The molecule has 1 N–H and O–H groups in total. The van der Waals surface area contributed by atoms with Crippen molar-refractivity contribution in [3.05, 3.63) is 34.9 Å². The minimum Gasteiger partial charge on any atom is -0.449 e. The summed E-state index contributed by atoms with van der Waals surface area (Å²) in [5.74, 6) is 0.515. The first-order valence-electron chi connectivity index (χ1n) is 7.09. The number of rotatable bonds is 4. The molecule has 0 aliphatic carbocycles. The number of ether oxygens (including phenoxy) is 1. The van der Waals surface area contributed by atoms with Crippen LogP contribution in [0.25, 0.3) is 0 Å². The number of nitrogens with one attached hydrogen (secondary N) is 1. The fourth-order valence-electron chi connectivity index (χ4n) is 2.17. The van der Waals surface area contributed by atoms with E-state index in [9.17, 15) is 4.79 Å². The van der Waals surface area contributed by atoms with E-state index in [0.29, 0.717) is 24.1 Å². The molecule has 21 heavy (non-hydrogen) atoms. The number of alkyl carbamates (subject to hydrolysis) is 1. The molecule has 1 aromatic carbocycles. The minimum atomic E-state index is -0.464. The van der Waals surface area contributed by atoms with Gasteiger partial charge in [-0.2, -0.15) is 0 Å². The van der Waals surface area contributed by atoms with Crippen molar-refractivity contribution in [1.82, 2.24) is 10.2 Å². The first-order chi connectivity index (χ1) is 10.1. The minimum absolute atomic E-state index is 0.0321. The molecule has 5 nitrogen and oxygen atoms in total. The highest BCUT2D eigenvalue weighted by Gasteiger charge is 2.28. The summed E-state index contributed by atoms with van der Waals surface area (Å²) in [5.41, 5.74) is 1.00. The van der Waals surface area contributed by atoms with E-state index in [4.69, 9.17) is 16.3 Å². The predicted molar refractivity (Wildman–Crippen MR) is 83.6 cm³/mol. The molecule has 1 amide bonds. The van der Waals surface area contributed by atoms with Crippen molar-refractivity contribution in [1.29, 1.82) is 0 Å². The zero-order chi connectivity index (χ0) is 15.2. The van der Waals surface area contributed by atoms with Gasteiger partial charge in [-0.25, -0.2) is 4.79 Å². The van der Waals surface area contributed by atoms with Gasteiger partial charge in [-0.05, 0) is 18.1 Å². The van der Waals surface area contributed by atoms with Gasteiger partial charge in [-0.1, -0.05) is 43.1 Å². The van der Waals surface area contributed by atoms with Crippen LogP contribution in [0.2, 0.25) is 5.02 Å². The molecule has 0 saturated carbocycles. The van der Waals surface area contributed by atoms with Crippen molar-refractivity contribution >= 4 is 23.7 Å². The summed E-state index contributed by atoms with van der Waals surface area (Å²) in [5, 5.41) is 3.38. The molecule has 0 radical (unpaired) electrons. The number of hydrogen-bond donors (Lipinski definition) is 1. The Morgan fingerprint density at radius 2 is 2.29 bits per heavy atom. The molecule has 2 rings (SSSR count). The van der Waals surface area contributed by atoms with E-state index in [1.54, 1.807) is 0 Å². The summed E-state index contributed by atoms with van der Waals surface area (Å²) < 4.78 is 5.07. The molecule has 114 valence electrons. The maximum absolute atomic E-state index is 11.7. The van der Waals surface area contributed by atoms with Gasteiger partial charge in [0, 0.05) is 12.1 Å². The van der Waals surface area contributed by atoms with Gasteiger partial charge >= 0.3 is 6.09 Å². The van der Waals surface area contributed by atoms with Crippen LogP contribution < -0.4 is 5.32 Å². The second-order valence-electron chi connectivity index (χ2n) is 4.93. The molecule has 0 saturated heterocycles. The largest absolute Gasteiger partial charge is 0.449 e. The summed E-state index contributed by atoms with van der Waals surface area (Å²) >= 11 is 6.22. The highest BCUT2D eigenvalue weighted by molar-refractivity contribution is 6.31. The van der Waals surface area contributed by atoms with Gasteiger partial charge in [-0.15, -0.1) is 0 Å². The Kier molecular flexibility index (Phi) is 5.44. The van der Waals surface area contributed by atoms with Crippen molar-refractivity contribution in [3.63, 3.8) is 0 Å². The van der Waals surface area contributed by atoms with Crippen molar-refractivity contribution in [2.45, 2.75) is 25.8 Å². The van der Waals surface area contributed by atoms with Crippen LogP contribution in [0, 0.1) is 0 Å². The Bertz CT molecular complexity index is 533. The van der Waals surface area contributed by atoms with Crippen LogP contribution in [0.4, 0.5) is 4.79 Å². The van der Waals surface area contributed by atoms with E-state index in [1.807, 2.05) is 43.1 Å². The molecule has 0 bridgehead atoms. The topological polar surface area (TPSA) is 53.9 Å². The summed E-state index contributed by atoms with van der Waals surface area (Å²) in [6.07, 6.45) is 1.38. The van der Waals surface area contributed by atoms with E-state index in [2.05, 4.69) is 10.3 Å². The average molecular weight is 310 g/mol. The number of halogens is 1. The first-order valence-corrected chi connectivity index (χ1v) is 7.46. The first kappa shape index (κ1) is 15.6. The predicted octanol–water partition coefficient (Wildman–Crippen LogP) is 3.21. The number of benzene rings is 1. The van der Waals surface area contributed by atoms with Crippen LogP contribution in [0.1, 0.15) is 31.4 Å². The Hall–Kier alpha value is -1.75. The SMILES string of the molecule is CCCCOC(=O)NC1=NCC(c2ccccc2Cl)N1C. The normalized spacial score (nSPS) is 17.6. The molecular formula is C15H20ClN3O2. The Balaban J connectivity index is 1.93. The third-order valence-electron chi connectivity index (χ3n) is 3.42. The third-order valence-corrected chi connectivity index (χ3v) is 3.77. The number of hydrogen-bond acceptors (Lipinski definition) is 4. The van der Waals surface area contributed by atoms with Crippen LogP contribution >= 0.6 is 11.6 Å². The van der Waals surface area contributed by atoms with E-state index >= 15 is 0 Å². The fourth-order valence-corrected chi connectivity index (χ4v) is 2.43. The van der Waals surface area contributed by atoms with Gasteiger partial charge in [0.05, 0.1) is 19.2 Å². The van der Waals surface area contributed by atoms with Crippen LogP contribution in [-0.4, -0.2) is 37.2 Å². The lowest BCUT2D eigenvalue weighted by atomic mass is 10.1. The summed E-state index contributed by atoms with van der Waals surface area (Å²) in [6, 6.07) is 7.70. The molecule has 0 fully saturated rings. The Labute approximate surface area is 129 Å². The van der Waals surface area contributed by atoms with Crippen LogP contribution in [0.15, 0.2) is 29.3 Å². The lowest BCUT2D eigenvalue weighted by molar-refractivity contribution is 0.149. The zero-order valence-electron chi connectivity index (χ0n) is 12.3. The standard InChI is InChI=1S/C15H20ClN3O2/c1-3-4-9-21-15(20)18-14-17-10-13(19(14)2)11-7-5-6-8-12(11)16/h5-8,13H,3-4,9-10H2,1-2H3,(H,17,18,20). The molecule has 1 heterocycles. The molecule has 1 atom stereocenters. The van der Waals surface area contributed by atoms with Gasteiger partial charge in [0.1, 0.15) is 0 Å². The van der Waals surface area contributed by atoms with Gasteiger partial charge in [-0.3, -0.25) is 10.3 Å². The smallest absolute Gasteiger partial charge is 0.413 e. The number of aliphatic imine (C=N–C) groups is 1. The van der Waals surface area contributed by atoms with Crippen molar-refractivity contribution in [3.8, 4) is 0 Å². The maximum atomic E-state index is 11.7. The molecule has 1 aliphatic heterocycles. The van der Waals surface area contributed by atoms with E-state index in [1.165, 1.54) is 0 Å². The molecule has 0 spiro atoms. The van der Waals surface area contributed by atoms with Gasteiger partial charge in [0.15, 0.2) is 0 Å². The van der Waals surface area contributed by atoms with E-state index < -0.39 is 6.09 Å². The Morgan fingerprint density at radius 3 is 3.00 bits per heavy atom. The fraction of sp³-hybridized carbons (Fsp3) is 0.467. The number of nitrogens with zero attached hydrogens (tertiary/aromatic N) is 2. The van der Waals surface area contributed by atoms with Crippen molar-refractivity contribution < 1.29 is 9.53 Å². The zero-order valence-corrected chi connectivity index (χ0v) is 13.1. The number of unbranched alkanes of at least 4 members (excludes halogenated alkanes) is 1. The lowest BCUT2D eigenvalue weighted by Gasteiger charge is -2.24. The van der Waals surface area contributed by atoms with Gasteiger partial charge in [0.25, 0.3) is 0 Å². The highest BCUT2D eigenvalue weighted by Crippen LogP contribution is 2.29. The Morgan fingerprint density at radius 1 is 1.52 bits per heavy atom. The van der Waals surface area contributed by atoms with Crippen LogP contribution in [0.5, 0.6) is 0 Å². The van der Waals surface area contributed by atoms with Gasteiger partial charge < -0.3 is 9.64 Å². The summed E-state index contributed by atoms with van der Waals surface area (Å²) in [7, 11) is 1.88. The molecule has 1 aliphatic rings. The monoisotopic (exact) mass is 309 g/mol. The number of carbonyl (C=O) groups is 1. The van der Waals surface area contributed by atoms with Gasteiger partial charge in [0.2, 0.25) is 5.96 Å². The third kappa shape index (κ3) is 3.88. The highest BCUT2D eigenvalue weighted by atomic mass is 35.5. The number of likely N-dealkylation sites (N-methyl/N-ethyl adjacent to an activating group) is 1. The molecule has 1 aromatic rings. The summed E-state index contributed by atoms with van der Waals surface area (Å²) in [6.45, 7) is 3.03. The molecule has 0 aromatic heterocycles. The number of guanidine groups is 1. The second-order valence-corrected chi connectivity index (χ2v) is 5.33. The molecule has 6 heteroatoms. The van der Waals surface area contributed by atoms with Crippen molar-refractivity contribution in [2.75, 3.05) is 20.2 Å². The quantitative estimate of drug-likeness (QED) is 0.869. The van der Waals surface area contributed by atoms with Crippen LogP contribution in [0.3, 0.4) is 0 Å². The van der Waals surface area contributed by atoms with Crippen molar-refractivity contribution in [2.24, 2.45) is 4.99 Å². The van der Waals surface area contributed by atoms with E-state index in [0.717, 1.165) is 18.4 Å². The molecular weight excluding hydrogens is 290 g/mol. The second kappa shape index (κ2) is 7.31. The van der Waals surface area contributed by atoms with Crippen LogP contribution in [-0.2, 0) is 4.74 Å². The lowest BCUT2D eigenvalue weighted by Crippen LogP contribution is -2.40. The summed E-state index contributed by atoms with van der Waals surface area (Å²) in [4.78, 5) is 17.9. The number of amides is 1. The van der Waals surface area contributed by atoms with E-state index in [-0.39, 0.29) is 6.04 Å². The maximum Gasteiger partial charge on any atom is 0.413 e. The average Bonchev–Trinajstić information content (AvgIpc) is 2.81.